The van der Waals surface area contributed by atoms with E-state index in [1.54, 1.807) is 0 Å². The van der Waals surface area contributed by atoms with Crippen LogP contribution in [0, 0.1) is 0 Å². The third-order valence-corrected chi connectivity index (χ3v) is 3.03. The van der Waals surface area contributed by atoms with Crippen LogP contribution in [0.25, 0.3) is 0 Å². The fourth-order valence-corrected chi connectivity index (χ4v) is 2.22. The molecule has 0 aromatic heterocycles. The van der Waals surface area contributed by atoms with Gasteiger partial charge in [0.1, 0.15) is 0 Å². The van der Waals surface area contributed by atoms with Gasteiger partial charge in [0.2, 0.25) is 0 Å². The van der Waals surface area contributed by atoms with Gasteiger partial charge in [-0.1, -0.05) is 0 Å². The number of hydrogen-bond donors (Lipinski definition) is 4. The van der Waals surface area contributed by atoms with E-state index in [4.69, 9.17) is 0 Å². The van der Waals surface area contributed by atoms with Crippen molar-refractivity contribution in [2.75, 3.05) is 13.1 Å². The highest BCUT2D eigenvalue weighted by Gasteiger charge is 2.45. The zero-order chi connectivity index (χ0) is 9.59. The summed E-state index contributed by atoms with van der Waals surface area (Å²) in [6.45, 7) is 0.718. The summed E-state index contributed by atoms with van der Waals surface area (Å²) in [5, 5.41) is 37.6. The number of nitrogens with zero attached hydrogens (tertiary/aromatic N) is 1. The molecule has 0 radical (unpaired) electrons. The van der Waals surface area contributed by atoms with Crippen molar-refractivity contribution in [2.24, 2.45) is 0 Å². The molecule has 2 fully saturated rings. The fraction of sp³-hybridized carbons (Fsp3) is 1.00. The lowest BCUT2D eigenvalue weighted by atomic mass is 9.96. The van der Waals surface area contributed by atoms with Crippen molar-refractivity contribution in [2.45, 2.75) is 36.9 Å². The number of piperidine rings is 1. The van der Waals surface area contributed by atoms with E-state index in [0.29, 0.717) is 19.5 Å². The maximum atomic E-state index is 9.51. The van der Waals surface area contributed by atoms with E-state index >= 15 is 0 Å². The van der Waals surface area contributed by atoms with Crippen LogP contribution in [0.3, 0.4) is 0 Å². The molecule has 2 saturated heterocycles. The quantitative estimate of drug-likeness (QED) is 0.339. The lowest BCUT2D eigenvalue weighted by Gasteiger charge is -2.36. The van der Waals surface area contributed by atoms with Crippen molar-refractivity contribution in [3.8, 4) is 0 Å². The van der Waals surface area contributed by atoms with Gasteiger partial charge < -0.3 is 20.4 Å². The second kappa shape index (κ2) is 3.18. The third kappa shape index (κ3) is 1.47. The van der Waals surface area contributed by atoms with Crippen LogP contribution in [0.2, 0.25) is 0 Å². The number of aliphatic hydroxyl groups excluding tert-OH is 4. The molecule has 2 heterocycles. The van der Waals surface area contributed by atoms with Crippen molar-refractivity contribution < 1.29 is 20.4 Å². The van der Waals surface area contributed by atoms with Crippen LogP contribution in [0.1, 0.15) is 6.42 Å². The molecule has 4 N–H and O–H groups in total. The summed E-state index contributed by atoms with van der Waals surface area (Å²) in [5.74, 6) is 0. The monoisotopic (exact) mass is 189 g/mol. The van der Waals surface area contributed by atoms with Crippen LogP contribution in [-0.4, -0.2) is 68.9 Å². The average molecular weight is 189 g/mol. The Morgan fingerprint density at radius 1 is 0.846 bits per heavy atom. The normalized spacial score (nSPS) is 52.2. The van der Waals surface area contributed by atoms with Crippen LogP contribution in [0.15, 0.2) is 0 Å². The number of rotatable bonds is 0. The van der Waals surface area contributed by atoms with Crippen molar-refractivity contribution in [1.29, 1.82) is 0 Å². The SMILES string of the molecule is O[C@H]1[C@@H](O)CN2C[C@@H](O)[C@H](O)C[C@@H]12. The maximum Gasteiger partial charge on any atom is 0.0967 e. The first kappa shape index (κ1) is 9.36. The fourth-order valence-electron chi connectivity index (χ4n) is 2.22. The summed E-state index contributed by atoms with van der Waals surface area (Å²) >= 11 is 0. The topological polar surface area (TPSA) is 84.2 Å². The summed E-state index contributed by atoms with van der Waals surface area (Å²) in [5.41, 5.74) is 0. The maximum absolute atomic E-state index is 9.51. The van der Waals surface area contributed by atoms with Crippen LogP contribution in [-0.2, 0) is 0 Å². The molecule has 5 atom stereocenters. The van der Waals surface area contributed by atoms with E-state index in [0.717, 1.165) is 0 Å². The van der Waals surface area contributed by atoms with E-state index in [1.807, 2.05) is 4.90 Å². The molecule has 0 spiro atoms. The minimum absolute atomic E-state index is 0.201. The van der Waals surface area contributed by atoms with Crippen LogP contribution in [0.5, 0.6) is 0 Å². The van der Waals surface area contributed by atoms with Crippen molar-refractivity contribution >= 4 is 0 Å². The highest BCUT2D eigenvalue weighted by molar-refractivity contribution is 4.99. The third-order valence-electron chi connectivity index (χ3n) is 3.03. The molecule has 2 aliphatic heterocycles. The highest BCUT2D eigenvalue weighted by Crippen LogP contribution is 2.27. The molecule has 2 aliphatic rings. The molecular formula is C8H15NO4. The minimum atomic E-state index is -0.790. The number of fused-ring (bicyclic) bond motifs is 1. The second-order valence-corrected chi connectivity index (χ2v) is 3.95. The Hall–Kier alpha value is -0.200. The van der Waals surface area contributed by atoms with Gasteiger partial charge in [0, 0.05) is 19.1 Å². The van der Waals surface area contributed by atoms with Gasteiger partial charge in [-0.15, -0.1) is 0 Å². The standard InChI is InChI=1S/C8H15NO4/c10-5-1-4-8(13)7(12)3-9(4)2-6(5)11/h4-8,10-13H,1-3H2/t4-,5+,6+,7-,8+/m0/s1. The van der Waals surface area contributed by atoms with Gasteiger partial charge in [0.05, 0.1) is 24.4 Å². The Balaban J connectivity index is 2.08. The van der Waals surface area contributed by atoms with E-state index in [1.165, 1.54) is 0 Å². The molecule has 0 aliphatic carbocycles. The largest absolute Gasteiger partial charge is 0.390 e. The molecule has 0 aromatic rings. The van der Waals surface area contributed by atoms with E-state index in [-0.39, 0.29) is 6.04 Å². The van der Waals surface area contributed by atoms with Gasteiger partial charge in [-0.2, -0.15) is 0 Å². The smallest absolute Gasteiger partial charge is 0.0967 e. The van der Waals surface area contributed by atoms with E-state index in [9.17, 15) is 20.4 Å². The Kier molecular flexibility index (Phi) is 2.29. The van der Waals surface area contributed by atoms with Crippen molar-refractivity contribution in [3.63, 3.8) is 0 Å². The Labute approximate surface area is 76.2 Å². The Morgan fingerprint density at radius 2 is 1.46 bits per heavy atom. The molecule has 76 valence electrons. The summed E-state index contributed by atoms with van der Waals surface area (Å²) in [7, 11) is 0. The number of aliphatic hydroxyl groups is 4. The molecular weight excluding hydrogens is 174 g/mol. The molecule has 0 unspecified atom stereocenters. The van der Waals surface area contributed by atoms with E-state index in [2.05, 4.69) is 0 Å². The van der Waals surface area contributed by atoms with Gasteiger partial charge in [-0.3, -0.25) is 4.90 Å². The molecule has 0 saturated carbocycles. The highest BCUT2D eigenvalue weighted by atomic mass is 16.3. The lowest BCUT2D eigenvalue weighted by Crippen LogP contribution is -2.51. The molecule has 0 bridgehead atoms. The first-order chi connectivity index (χ1) is 6.09. The van der Waals surface area contributed by atoms with Crippen LogP contribution in [0.4, 0.5) is 0 Å². The zero-order valence-electron chi connectivity index (χ0n) is 7.24. The first-order valence-corrected chi connectivity index (χ1v) is 4.56. The zero-order valence-corrected chi connectivity index (χ0v) is 7.24. The minimum Gasteiger partial charge on any atom is -0.390 e. The summed E-state index contributed by atoms with van der Waals surface area (Å²) in [6, 6.07) is -0.201. The van der Waals surface area contributed by atoms with Gasteiger partial charge in [0.25, 0.3) is 0 Å². The van der Waals surface area contributed by atoms with E-state index < -0.39 is 24.4 Å². The Morgan fingerprint density at radius 3 is 2.15 bits per heavy atom. The Bertz CT molecular complexity index is 201. The molecule has 2 rings (SSSR count). The van der Waals surface area contributed by atoms with Crippen LogP contribution < -0.4 is 0 Å². The van der Waals surface area contributed by atoms with Crippen molar-refractivity contribution in [3.05, 3.63) is 0 Å². The van der Waals surface area contributed by atoms with Crippen LogP contribution >= 0.6 is 0 Å². The average Bonchev–Trinajstić information content (AvgIpc) is 2.32. The summed E-state index contributed by atoms with van der Waals surface area (Å²) < 4.78 is 0. The molecule has 13 heavy (non-hydrogen) atoms. The predicted molar refractivity (Wildman–Crippen MR) is 44.0 cm³/mol. The van der Waals surface area contributed by atoms with Gasteiger partial charge in [0.15, 0.2) is 0 Å². The predicted octanol–water partition coefficient (Wildman–Crippen LogP) is -2.48. The summed E-state index contributed by atoms with van der Waals surface area (Å²) in [6.07, 6.45) is -2.74. The molecule has 5 nitrogen and oxygen atoms in total. The second-order valence-electron chi connectivity index (χ2n) is 3.95. The molecule has 0 amide bonds. The molecule has 0 aromatic carbocycles. The van der Waals surface area contributed by atoms with Gasteiger partial charge >= 0.3 is 0 Å². The van der Waals surface area contributed by atoms with Gasteiger partial charge in [-0.25, -0.2) is 0 Å². The number of hydrogen-bond acceptors (Lipinski definition) is 5. The lowest BCUT2D eigenvalue weighted by molar-refractivity contribution is -0.0661. The summed E-state index contributed by atoms with van der Waals surface area (Å²) in [4.78, 5) is 1.83. The first-order valence-electron chi connectivity index (χ1n) is 4.56. The van der Waals surface area contributed by atoms with Crippen molar-refractivity contribution in [1.82, 2.24) is 4.90 Å². The molecule has 5 heteroatoms. The van der Waals surface area contributed by atoms with Gasteiger partial charge in [-0.05, 0) is 6.42 Å².